The number of aryl methyl sites for hydroxylation is 2. The molecule has 1 aliphatic heterocycles. The maximum atomic E-state index is 12.0. The lowest BCUT2D eigenvalue weighted by molar-refractivity contribution is 0.329. The van der Waals surface area contributed by atoms with Gasteiger partial charge in [-0.3, -0.25) is 8.86 Å². The molecule has 0 fully saturated rings. The van der Waals surface area contributed by atoms with Crippen LogP contribution in [0.4, 0.5) is 17.5 Å². The van der Waals surface area contributed by atoms with E-state index in [4.69, 9.17) is 22.1 Å². The van der Waals surface area contributed by atoms with Crippen LogP contribution in [-0.2, 0) is 17.8 Å². The van der Waals surface area contributed by atoms with Gasteiger partial charge in [-0.05, 0) is 55.5 Å². The Labute approximate surface area is 225 Å². The predicted molar refractivity (Wildman–Crippen MR) is 150 cm³/mol. The van der Waals surface area contributed by atoms with Crippen LogP contribution < -0.4 is 19.7 Å². The first-order valence-corrected chi connectivity index (χ1v) is 13.7. The van der Waals surface area contributed by atoms with Crippen LogP contribution in [0.15, 0.2) is 24.4 Å². The number of benzene rings is 1. The Morgan fingerprint density at radius 2 is 2.00 bits per heavy atom. The van der Waals surface area contributed by atoms with E-state index in [2.05, 4.69) is 39.8 Å². The summed E-state index contributed by atoms with van der Waals surface area (Å²) in [5, 5.41) is 0.179. The van der Waals surface area contributed by atoms with Gasteiger partial charge in [-0.1, -0.05) is 32.4 Å². The van der Waals surface area contributed by atoms with Gasteiger partial charge in [0, 0.05) is 41.7 Å². The van der Waals surface area contributed by atoms with Crippen LogP contribution in [0.25, 0.3) is 11.1 Å². The highest BCUT2D eigenvalue weighted by molar-refractivity contribution is 7.80. The summed E-state index contributed by atoms with van der Waals surface area (Å²) in [6.07, 6.45) is 2.36. The van der Waals surface area contributed by atoms with E-state index >= 15 is 0 Å². The Kier molecular flexibility index (Phi) is 8.20. The van der Waals surface area contributed by atoms with Crippen molar-refractivity contribution in [2.24, 2.45) is 0 Å². The molecule has 11 heteroatoms. The van der Waals surface area contributed by atoms with E-state index in [0.29, 0.717) is 38.3 Å². The standard InChI is InChI=1S/C26H33ClN6O3S/c1-6-7-33(37(34)35)21-12-19(13-29-24(21)27)18-10-16(4)23-20(11-18)14-32(8-9-36-23)25-22(15(2)3)17(5)30-26(28)31-25/h10-13,15H,6-9,14H2,1-5H3,(H,34,35)(H2,28,30,31). The number of anilines is 3. The van der Waals surface area contributed by atoms with Crippen molar-refractivity contribution in [1.82, 2.24) is 15.0 Å². The number of fused-ring (bicyclic) bond motifs is 1. The van der Waals surface area contributed by atoms with Crippen LogP contribution in [0, 0.1) is 13.8 Å². The Balaban J connectivity index is 1.78. The number of aromatic nitrogens is 3. The van der Waals surface area contributed by atoms with Gasteiger partial charge in [-0.2, -0.15) is 4.98 Å². The second-order valence-corrected chi connectivity index (χ2v) is 10.7. The summed E-state index contributed by atoms with van der Waals surface area (Å²) in [7, 11) is 0. The fourth-order valence-corrected chi connectivity index (χ4v) is 5.72. The van der Waals surface area contributed by atoms with Crippen LogP contribution in [0.3, 0.4) is 0 Å². The van der Waals surface area contributed by atoms with Gasteiger partial charge in [0.15, 0.2) is 5.15 Å². The molecule has 2 aromatic heterocycles. The maximum Gasteiger partial charge on any atom is 0.261 e. The molecule has 9 nitrogen and oxygen atoms in total. The molecule has 3 N–H and O–H groups in total. The number of nitrogens with zero attached hydrogens (tertiary/aromatic N) is 5. The zero-order valence-corrected chi connectivity index (χ0v) is 23.4. The van der Waals surface area contributed by atoms with Crippen LogP contribution in [-0.4, -0.2) is 43.4 Å². The van der Waals surface area contributed by atoms with Gasteiger partial charge >= 0.3 is 0 Å². The Morgan fingerprint density at radius 1 is 1.24 bits per heavy atom. The van der Waals surface area contributed by atoms with E-state index in [9.17, 15) is 8.76 Å². The zero-order valence-electron chi connectivity index (χ0n) is 21.8. The van der Waals surface area contributed by atoms with E-state index in [1.54, 1.807) is 12.3 Å². The van der Waals surface area contributed by atoms with Crippen molar-refractivity contribution in [3.05, 3.63) is 51.9 Å². The average Bonchev–Trinajstić information content (AvgIpc) is 3.05. The number of ether oxygens (including phenoxy) is 1. The molecular formula is C26H33ClN6O3S. The van der Waals surface area contributed by atoms with Crippen molar-refractivity contribution in [3.63, 3.8) is 0 Å². The highest BCUT2D eigenvalue weighted by atomic mass is 35.5. The molecule has 1 atom stereocenters. The Hall–Kier alpha value is -2.95. The lowest BCUT2D eigenvalue weighted by Gasteiger charge is -2.26. The smallest absolute Gasteiger partial charge is 0.261 e. The first-order valence-electron chi connectivity index (χ1n) is 12.3. The third kappa shape index (κ3) is 5.66. The largest absolute Gasteiger partial charge is 0.491 e. The van der Waals surface area contributed by atoms with Crippen molar-refractivity contribution in [2.75, 3.05) is 34.6 Å². The molecule has 37 heavy (non-hydrogen) atoms. The molecule has 3 aromatic rings. The molecular weight excluding hydrogens is 512 g/mol. The van der Waals surface area contributed by atoms with E-state index in [-0.39, 0.29) is 17.0 Å². The highest BCUT2D eigenvalue weighted by Crippen LogP contribution is 2.37. The number of rotatable bonds is 7. The van der Waals surface area contributed by atoms with E-state index in [1.807, 2.05) is 26.8 Å². The first-order chi connectivity index (χ1) is 17.6. The minimum absolute atomic E-state index is 0.179. The van der Waals surface area contributed by atoms with Gasteiger partial charge in [-0.15, -0.1) is 0 Å². The summed E-state index contributed by atoms with van der Waals surface area (Å²) in [6, 6.07) is 5.92. The third-order valence-electron chi connectivity index (χ3n) is 6.37. The van der Waals surface area contributed by atoms with E-state index in [1.165, 1.54) is 4.31 Å². The molecule has 1 unspecified atom stereocenters. The fraction of sp³-hybridized carbons (Fsp3) is 0.423. The predicted octanol–water partition coefficient (Wildman–Crippen LogP) is 5.27. The maximum absolute atomic E-state index is 12.0. The van der Waals surface area contributed by atoms with Crippen molar-refractivity contribution in [2.45, 2.75) is 53.5 Å². The summed E-state index contributed by atoms with van der Waals surface area (Å²) < 4.78 is 29.3. The van der Waals surface area contributed by atoms with Gasteiger partial charge in [0.25, 0.3) is 11.3 Å². The monoisotopic (exact) mass is 544 g/mol. The Morgan fingerprint density at radius 3 is 2.68 bits per heavy atom. The molecule has 4 rings (SSSR count). The Bertz CT molecular complexity index is 1340. The second-order valence-electron chi connectivity index (χ2n) is 9.48. The number of halogens is 1. The van der Waals surface area contributed by atoms with Crippen molar-refractivity contribution >= 4 is 40.3 Å². The topological polar surface area (TPSA) is 118 Å². The molecule has 198 valence electrons. The number of pyridine rings is 1. The number of nitrogens with two attached hydrogens (primary N) is 1. The normalized spacial score (nSPS) is 14.2. The third-order valence-corrected chi connectivity index (χ3v) is 7.42. The van der Waals surface area contributed by atoms with E-state index < -0.39 is 11.3 Å². The first kappa shape index (κ1) is 27.1. The van der Waals surface area contributed by atoms with Gasteiger partial charge in [0.05, 0.1) is 12.2 Å². The van der Waals surface area contributed by atoms with E-state index in [0.717, 1.165) is 45.1 Å². The number of hydrogen-bond acceptors (Lipinski definition) is 7. The van der Waals surface area contributed by atoms with Crippen LogP contribution in [0.2, 0.25) is 5.15 Å². The summed E-state index contributed by atoms with van der Waals surface area (Å²) >= 11 is 4.12. The molecule has 0 bridgehead atoms. The minimum Gasteiger partial charge on any atom is -0.491 e. The van der Waals surface area contributed by atoms with Crippen LogP contribution in [0.1, 0.15) is 55.5 Å². The SMILES string of the molecule is CCCN(c1cc(-c2cc(C)c3c(c2)CN(c2nc(N)nc(C)c2C(C)C)CCO3)cnc1Cl)S(=O)O. The minimum atomic E-state index is -2.21. The molecule has 0 amide bonds. The molecule has 0 spiro atoms. The molecule has 0 saturated carbocycles. The van der Waals surface area contributed by atoms with Crippen LogP contribution in [0.5, 0.6) is 5.75 Å². The van der Waals surface area contributed by atoms with Crippen molar-refractivity contribution < 1.29 is 13.5 Å². The summed E-state index contributed by atoms with van der Waals surface area (Å²) in [4.78, 5) is 15.5. The number of hydrogen-bond donors (Lipinski definition) is 2. The highest BCUT2D eigenvalue weighted by Gasteiger charge is 2.25. The summed E-state index contributed by atoms with van der Waals surface area (Å²) in [5.41, 5.74) is 12.1. The fourth-order valence-electron chi connectivity index (χ4n) is 4.82. The average molecular weight is 545 g/mol. The zero-order chi connectivity index (χ0) is 26.9. The lowest BCUT2D eigenvalue weighted by atomic mass is 9.99. The van der Waals surface area contributed by atoms with Gasteiger partial charge in [0.1, 0.15) is 18.2 Å². The lowest BCUT2D eigenvalue weighted by Crippen LogP contribution is -2.28. The van der Waals surface area contributed by atoms with Crippen LogP contribution >= 0.6 is 11.6 Å². The molecule has 1 aromatic carbocycles. The molecule has 0 radical (unpaired) electrons. The molecule has 1 aliphatic rings. The number of nitrogen functional groups attached to an aromatic ring is 1. The van der Waals surface area contributed by atoms with Gasteiger partial charge in [-0.25, -0.2) is 14.2 Å². The summed E-state index contributed by atoms with van der Waals surface area (Å²) in [6.45, 7) is 12.3. The molecule has 0 saturated heterocycles. The summed E-state index contributed by atoms with van der Waals surface area (Å²) in [5.74, 6) is 2.16. The quantitative estimate of drug-likeness (QED) is 0.305. The second kappa shape index (κ2) is 11.2. The van der Waals surface area contributed by atoms with Crippen molar-refractivity contribution in [3.8, 4) is 16.9 Å². The van der Waals surface area contributed by atoms with Crippen molar-refractivity contribution in [1.29, 1.82) is 0 Å². The van der Waals surface area contributed by atoms with Gasteiger partial charge in [0.2, 0.25) is 5.95 Å². The molecule has 0 aliphatic carbocycles. The van der Waals surface area contributed by atoms with Gasteiger partial charge < -0.3 is 15.4 Å². The molecule has 3 heterocycles.